The third-order valence-corrected chi connectivity index (χ3v) is 23.1. The Bertz CT molecular complexity index is 2420. The average Bonchev–Trinajstić information content (AvgIpc) is 0.673. The van der Waals surface area contributed by atoms with Crippen LogP contribution in [0.4, 0.5) is 0 Å². The highest BCUT2D eigenvalue weighted by atomic mass is 16.8. The van der Waals surface area contributed by atoms with Crippen LogP contribution < -0.4 is 0 Å². The summed E-state index contributed by atoms with van der Waals surface area (Å²) in [6.07, 6.45) is -36.8. The predicted molar refractivity (Wildman–Crippen MR) is 289 cm³/mol. The Kier molecular flexibility index (Phi) is 18.9. The minimum atomic E-state index is -1.99. The number of carbonyl (C=O) groups excluding carboxylic acids is 1. The molecule has 16 N–H and O–H groups in total. The largest absolute Gasteiger partial charge is 0.432 e. The molecule has 35 atom stereocenters. The topological polar surface area (TPSA) is 433 Å². The van der Waals surface area contributed by atoms with Gasteiger partial charge in [-0.05, 0) is 112 Å². The molecule has 0 radical (unpaired) electrons. The van der Waals surface area contributed by atoms with Crippen molar-refractivity contribution in [1.29, 1.82) is 0 Å². The SMILES string of the molecule is CC1OC(OC2C(O)COC(OC3C(C)OC(OC4C(OC(=O)C56CCC(C)(C)CC5C5=CCC7C8(C)CC(O)C(OC9OC(CO)C(O)C(O)C9O)C(C)(CO)C8CCC7(C)C5(C)CC6O)OC(C)C(O)C4O)C(O)C3O)C2O)C(O)C(O)C1O. The molecule has 4 saturated carbocycles. The Hall–Kier alpha value is -1.79. The maximum atomic E-state index is 15.6. The van der Waals surface area contributed by atoms with E-state index in [4.69, 9.17) is 47.4 Å². The summed E-state index contributed by atoms with van der Waals surface area (Å²) < 4.78 is 59.4. The lowest BCUT2D eigenvalue weighted by Crippen LogP contribution is -2.70. The lowest BCUT2D eigenvalue weighted by Gasteiger charge is -2.72. The van der Waals surface area contributed by atoms with Crippen LogP contribution in [-0.4, -0.2) is 273 Å². The van der Waals surface area contributed by atoms with E-state index < -0.39 is 225 Å². The van der Waals surface area contributed by atoms with Crippen LogP contribution in [0.15, 0.2) is 11.6 Å². The molecule has 0 aromatic carbocycles. The molecule has 0 bridgehead atoms. The molecule has 0 aromatic rings. The fourth-order valence-corrected chi connectivity index (χ4v) is 17.8. The zero-order valence-corrected chi connectivity index (χ0v) is 50.3. The molecule has 27 nitrogen and oxygen atoms in total. The van der Waals surface area contributed by atoms with Gasteiger partial charge in [0.25, 0.3) is 0 Å². The number of carbonyl (C=O) groups is 1. The molecule has 5 saturated heterocycles. The lowest BCUT2D eigenvalue weighted by molar-refractivity contribution is -0.380. The Labute approximate surface area is 499 Å². The van der Waals surface area contributed by atoms with E-state index in [0.717, 1.165) is 5.57 Å². The van der Waals surface area contributed by atoms with Crippen LogP contribution in [-0.2, 0) is 52.2 Å². The van der Waals surface area contributed by atoms with E-state index in [-0.39, 0.29) is 36.5 Å². The van der Waals surface area contributed by atoms with Crippen molar-refractivity contribution in [3.63, 3.8) is 0 Å². The van der Waals surface area contributed by atoms with Crippen LogP contribution in [0.1, 0.15) is 114 Å². The summed E-state index contributed by atoms with van der Waals surface area (Å²) in [5.74, 6) is -1.85. The van der Waals surface area contributed by atoms with Crippen LogP contribution in [0.2, 0.25) is 0 Å². The van der Waals surface area contributed by atoms with Gasteiger partial charge in [0.05, 0.1) is 56.4 Å². The van der Waals surface area contributed by atoms with Crippen molar-refractivity contribution in [1.82, 2.24) is 0 Å². The second-order valence-electron chi connectivity index (χ2n) is 28.7. The average molecular weight is 1240 g/mol. The smallest absolute Gasteiger partial charge is 0.317 e. The zero-order chi connectivity index (χ0) is 63.0. The van der Waals surface area contributed by atoms with E-state index in [1.807, 2.05) is 6.92 Å². The summed E-state index contributed by atoms with van der Waals surface area (Å²) in [7, 11) is 0. The molecule has 0 spiro atoms. The molecule has 0 amide bonds. The first kappa shape index (κ1) is 67.1. The van der Waals surface area contributed by atoms with Crippen LogP contribution in [0.3, 0.4) is 0 Å². The van der Waals surface area contributed by atoms with Gasteiger partial charge in [0.15, 0.2) is 31.3 Å². The van der Waals surface area contributed by atoms with Gasteiger partial charge in [0, 0.05) is 5.41 Å². The highest BCUT2D eigenvalue weighted by Gasteiger charge is 2.73. The van der Waals surface area contributed by atoms with Gasteiger partial charge in [0.2, 0.25) is 6.29 Å². The van der Waals surface area contributed by atoms with E-state index in [9.17, 15) is 81.7 Å². The van der Waals surface area contributed by atoms with Gasteiger partial charge in [-0.1, -0.05) is 53.2 Å². The van der Waals surface area contributed by atoms with Gasteiger partial charge in [-0.15, -0.1) is 0 Å². The van der Waals surface area contributed by atoms with Gasteiger partial charge in [-0.25, -0.2) is 0 Å². The molecule has 5 aliphatic heterocycles. The summed E-state index contributed by atoms with van der Waals surface area (Å²) in [6, 6.07) is 0. The van der Waals surface area contributed by atoms with Crippen LogP contribution in [0.5, 0.6) is 0 Å². The fraction of sp³-hybridized carbons (Fsp3) is 0.949. The molecular weight excluding hydrogens is 1140 g/mol. The molecule has 27 heteroatoms. The highest BCUT2D eigenvalue weighted by molar-refractivity contribution is 5.80. The molecule has 5 aliphatic carbocycles. The van der Waals surface area contributed by atoms with Crippen LogP contribution in [0.25, 0.3) is 0 Å². The lowest BCUT2D eigenvalue weighted by atomic mass is 9.33. The molecule has 10 rings (SSSR count). The Morgan fingerprint density at radius 3 is 1.74 bits per heavy atom. The number of ether oxygens (including phenoxy) is 10. The van der Waals surface area contributed by atoms with Gasteiger partial charge < -0.3 is 129 Å². The number of allylic oxidation sites excluding steroid dienone is 2. The van der Waals surface area contributed by atoms with Crippen molar-refractivity contribution in [2.24, 2.45) is 50.2 Å². The van der Waals surface area contributed by atoms with E-state index in [2.05, 4.69) is 40.7 Å². The van der Waals surface area contributed by atoms with Crippen molar-refractivity contribution in [2.75, 3.05) is 19.8 Å². The normalized spacial score (nSPS) is 56.5. The molecule has 0 aromatic heterocycles. The Balaban J connectivity index is 0.865. The standard InChI is InChI=1S/C59H96O27/c1-22-33(65)36(68)40(72)49(78-22)83-45-28(63)20-77-48(43(45)75)82-44-24(3)80-50(42(74)39(44)71)84-46-38(70)34(66)23(2)79-52(46)86-53(76)59-15-14-54(4,5)16-26(59)25-10-11-31-55(6)17-27(62)47(85-51-41(73)37(69)35(67)29(19-60)81-51)56(7,21-61)30(55)12-13-57(31,8)58(25,9)18-32(59)64/h10,22-24,26-52,60-75H,11-21H2,1-9H3. The number of hydrogen-bond acceptors (Lipinski definition) is 27. The first-order chi connectivity index (χ1) is 40.2. The fourth-order valence-electron chi connectivity index (χ4n) is 17.8. The van der Waals surface area contributed by atoms with Gasteiger partial charge in [-0.3, -0.25) is 4.79 Å². The maximum absolute atomic E-state index is 15.6. The number of hydrogen-bond donors (Lipinski definition) is 16. The summed E-state index contributed by atoms with van der Waals surface area (Å²) in [5, 5.41) is 178. The maximum Gasteiger partial charge on any atom is 0.317 e. The van der Waals surface area contributed by atoms with Gasteiger partial charge in [0.1, 0.15) is 97.0 Å². The molecule has 86 heavy (non-hydrogen) atoms. The minimum absolute atomic E-state index is 0.120. The van der Waals surface area contributed by atoms with Crippen molar-refractivity contribution < 1.29 is 134 Å². The van der Waals surface area contributed by atoms with Crippen LogP contribution >= 0.6 is 0 Å². The van der Waals surface area contributed by atoms with E-state index in [1.54, 1.807) is 0 Å². The highest BCUT2D eigenvalue weighted by Crippen LogP contribution is 2.76. The van der Waals surface area contributed by atoms with Crippen molar-refractivity contribution in [3.8, 4) is 0 Å². The quantitative estimate of drug-likeness (QED) is 0.0510. The van der Waals surface area contributed by atoms with Crippen molar-refractivity contribution in [3.05, 3.63) is 11.6 Å². The molecule has 35 unspecified atom stereocenters. The molecule has 494 valence electrons. The van der Waals surface area contributed by atoms with E-state index >= 15 is 4.79 Å². The second-order valence-corrected chi connectivity index (χ2v) is 28.7. The molecular formula is C59H96O27. The van der Waals surface area contributed by atoms with Crippen LogP contribution in [0, 0.1) is 50.2 Å². The Morgan fingerprint density at radius 1 is 0.547 bits per heavy atom. The molecule has 5 heterocycles. The monoisotopic (exact) mass is 1240 g/mol. The first-order valence-electron chi connectivity index (χ1n) is 30.7. The second kappa shape index (κ2) is 24.3. The third kappa shape index (κ3) is 10.8. The number of rotatable bonds is 12. The van der Waals surface area contributed by atoms with Gasteiger partial charge in [-0.2, -0.15) is 0 Å². The summed E-state index contributed by atoms with van der Waals surface area (Å²) in [4.78, 5) is 15.6. The number of esters is 1. The summed E-state index contributed by atoms with van der Waals surface area (Å²) >= 11 is 0. The number of aliphatic hydroxyl groups is 16. The minimum Gasteiger partial charge on any atom is -0.432 e. The predicted octanol–water partition coefficient (Wildman–Crippen LogP) is -3.58. The zero-order valence-electron chi connectivity index (χ0n) is 50.3. The van der Waals surface area contributed by atoms with E-state index in [1.165, 1.54) is 20.8 Å². The molecule has 9 fully saturated rings. The Morgan fingerprint density at radius 2 is 1.10 bits per heavy atom. The molecule has 10 aliphatic rings. The summed E-state index contributed by atoms with van der Waals surface area (Å²) in [6.45, 7) is 15.2. The van der Waals surface area contributed by atoms with Crippen molar-refractivity contribution in [2.45, 2.75) is 279 Å². The third-order valence-electron chi connectivity index (χ3n) is 23.1. The van der Waals surface area contributed by atoms with Gasteiger partial charge >= 0.3 is 5.97 Å². The first-order valence-corrected chi connectivity index (χ1v) is 30.7. The number of aliphatic hydroxyl groups excluding tert-OH is 16. The summed E-state index contributed by atoms with van der Waals surface area (Å²) in [5.41, 5.74) is -4.01. The van der Waals surface area contributed by atoms with E-state index in [0.29, 0.717) is 32.1 Å². The number of fused-ring (bicyclic) bond motifs is 7. The van der Waals surface area contributed by atoms with Crippen molar-refractivity contribution >= 4 is 5.97 Å².